The lowest BCUT2D eigenvalue weighted by Gasteiger charge is -2.25. The predicted molar refractivity (Wildman–Crippen MR) is 86.0 cm³/mol. The first-order valence-electron chi connectivity index (χ1n) is 7.23. The average Bonchev–Trinajstić information content (AvgIpc) is 2.83. The van der Waals surface area contributed by atoms with Gasteiger partial charge in [0.1, 0.15) is 0 Å². The lowest BCUT2D eigenvalue weighted by molar-refractivity contribution is -0.128. The number of aliphatic hydroxyl groups is 1. The molecule has 1 aliphatic heterocycles. The van der Waals surface area contributed by atoms with Crippen LogP contribution in [0.2, 0.25) is 5.02 Å². The molecule has 0 radical (unpaired) electrons. The first kappa shape index (κ1) is 16.8. The van der Waals surface area contributed by atoms with Crippen molar-refractivity contribution < 1.29 is 14.7 Å². The van der Waals surface area contributed by atoms with Crippen molar-refractivity contribution in [3.8, 4) is 0 Å². The van der Waals surface area contributed by atoms with Gasteiger partial charge in [0.05, 0.1) is 18.1 Å². The molecule has 1 unspecified atom stereocenters. The summed E-state index contributed by atoms with van der Waals surface area (Å²) in [5.74, 6) is -0.724. The van der Waals surface area contributed by atoms with Gasteiger partial charge in [0.15, 0.2) is 0 Å². The number of anilines is 1. The van der Waals surface area contributed by atoms with Crippen LogP contribution in [0.1, 0.15) is 25.8 Å². The van der Waals surface area contributed by atoms with Crippen LogP contribution in [0.15, 0.2) is 18.2 Å². The van der Waals surface area contributed by atoms with Crippen molar-refractivity contribution in [3.63, 3.8) is 0 Å². The zero-order chi connectivity index (χ0) is 16.5. The zero-order valence-corrected chi connectivity index (χ0v) is 13.8. The van der Waals surface area contributed by atoms with Crippen molar-refractivity contribution in [2.24, 2.45) is 5.92 Å². The van der Waals surface area contributed by atoms with Gasteiger partial charge in [-0.2, -0.15) is 0 Å². The molecule has 6 heteroatoms. The van der Waals surface area contributed by atoms with E-state index in [1.165, 1.54) is 0 Å². The number of carbonyl (C=O) groups is 2. The van der Waals surface area contributed by atoms with Gasteiger partial charge >= 0.3 is 0 Å². The van der Waals surface area contributed by atoms with Crippen molar-refractivity contribution in [2.75, 3.05) is 18.1 Å². The normalized spacial score (nSPS) is 18.7. The molecule has 0 aliphatic carbocycles. The van der Waals surface area contributed by atoms with Gasteiger partial charge in [0.2, 0.25) is 11.8 Å². The van der Waals surface area contributed by atoms with Crippen LogP contribution in [0.3, 0.4) is 0 Å². The molecule has 2 N–H and O–H groups in total. The van der Waals surface area contributed by atoms with E-state index in [0.29, 0.717) is 11.6 Å². The van der Waals surface area contributed by atoms with Crippen LogP contribution in [-0.2, 0) is 9.59 Å². The Bertz CT molecular complexity index is 601. The van der Waals surface area contributed by atoms with E-state index in [-0.39, 0.29) is 24.8 Å². The van der Waals surface area contributed by atoms with Crippen LogP contribution < -0.4 is 10.2 Å². The van der Waals surface area contributed by atoms with Gasteiger partial charge in [0.25, 0.3) is 0 Å². The van der Waals surface area contributed by atoms with E-state index in [9.17, 15) is 14.7 Å². The number of aryl methyl sites for hydroxylation is 1. The third kappa shape index (κ3) is 3.59. The lowest BCUT2D eigenvalue weighted by atomic mass is 10.0. The van der Waals surface area contributed by atoms with Crippen LogP contribution in [0, 0.1) is 12.8 Å². The highest BCUT2D eigenvalue weighted by Crippen LogP contribution is 2.30. The minimum Gasteiger partial charge on any atom is -0.394 e. The van der Waals surface area contributed by atoms with Crippen LogP contribution >= 0.6 is 11.6 Å². The molecule has 1 fully saturated rings. The van der Waals surface area contributed by atoms with E-state index in [0.717, 1.165) is 11.3 Å². The van der Waals surface area contributed by atoms with Crippen LogP contribution in [0.25, 0.3) is 0 Å². The van der Waals surface area contributed by atoms with E-state index in [1.54, 1.807) is 30.9 Å². The predicted octanol–water partition coefficient (Wildman–Crippen LogP) is 1.89. The Kier molecular flexibility index (Phi) is 4.78. The molecule has 120 valence electrons. The van der Waals surface area contributed by atoms with Crippen molar-refractivity contribution >= 4 is 29.1 Å². The second-order valence-electron chi connectivity index (χ2n) is 6.37. The summed E-state index contributed by atoms with van der Waals surface area (Å²) < 4.78 is 0. The fourth-order valence-electron chi connectivity index (χ4n) is 2.46. The molecule has 2 amide bonds. The van der Waals surface area contributed by atoms with Gasteiger partial charge < -0.3 is 15.3 Å². The van der Waals surface area contributed by atoms with Crippen molar-refractivity contribution in [1.29, 1.82) is 0 Å². The Balaban J connectivity index is 2.14. The topological polar surface area (TPSA) is 69.6 Å². The first-order chi connectivity index (χ1) is 10.2. The number of aliphatic hydroxyl groups excluding tert-OH is 1. The molecule has 5 nitrogen and oxygen atoms in total. The summed E-state index contributed by atoms with van der Waals surface area (Å²) in [6, 6.07) is 5.37. The Morgan fingerprint density at radius 1 is 1.50 bits per heavy atom. The van der Waals surface area contributed by atoms with Crippen LogP contribution in [-0.4, -0.2) is 35.6 Å². The van der Waals surface area contributed by atoms with E-state index in [4.69, 9.17) is 11.6 Å². The average molecular weight is 325 g/mol. The largest absolute Gasteiger partial charge is 0.394 e. The van der Waals surface area contributed by atoms with Crippen LogP contribution in [0.4, 0.5) is 5.69 Å². The molecule has 0 bridgehead atoms. The number of hydrogen-bond acceptors (Lipinski definition) is 3. The summed E-state index contributed by atoms with van der Waals surface area (Å²) in [6.07, 6.45) is 0.166. The number of amides is 2. The summed E-state index contributed by atoms with van der Waals surface area (Å²) >= 11 is 6.00. The quantitative estimate of drug-likeness (QED) is 0.888. The summed E-state index contributed by atoms with van der Waals surface area (Å²) in [5.41, 5.74) is 0.989. The molecule has 1 aliphatic rings. The monoisotopic (exact) mass is 324 g/mol. The summed E-state index contributed by atoms with van der Waals surface area (Å²) in [5, 5.41) is 12.6. The first-order valence-corrected chi connectivity index (χ1v) is 7.61. The number of nitrogens with one attached hydrogen (secondary N) is 1. The van der Waals surface area contributed by atoms with Gasteiger partial charge in [-0.25, -0.2) is 0 Å². The minimum absolute atomic E-state index is 0.0904. The fourth-order valence-corrected chi connectivity index (χ4v) is 2.63. The molecule has 2 rings (SSSR count). The van der Waals surface area contributed by atoms with E-state index in [2.05, 4.69) is 5.32 Å². The third-order valence-corrected chi connectivity index (χ3v) is 4.05. The summed E-state index contributed by atoms with van der Waals surface area (Å²) in [4.78, 5) is 26.1. The van der Waals surface area contributed by atoms with Crippen LogP contribution in [0.5, 0.6) is 0 Å². The number of carbonyl (C=O) groups excluding carboxylic acids is 2. The molecule has 1 aromatic carbocycles. The Labute approximate surface area is 135 Å². The molecule has 22 heavy (non-hydrogen) atoms. The van der Waals surface area contributed by atoms with E-state index < -0.39 is 11.5 Å². The molecular weight excluding hydrogens is 304 g/mol. The molecule has 1 saturated heterocycles. The molecule has 1 aromatic rings. The minimum atomic E-state index is -0.695. The highest BCUT2D eigenvalue weighted by atomic mass is 35.5. The van der Waals surface area contributed by atoms with Crippen molar-refractivity contribution in [1.82, 2.24) is 5.32 Å². The maximum atomic E-state index is 12.3. The van der Waals surface area contributed by atoms with E-state index >= 15 is 0 Å². The second kappa shape index (κ2) is 6.26. The van der Waals surface area contributed by atoms with Crippen molar-refractivity contribution in [2.45, 2.75) is 32.7 Å². The Morgan fingerprint density at radius 3 is 2.82 bits per heavy atom. The maximum Gasteiger partial charge on any atom is 0.227 e. The Hall–Kier alpha value is -1.59. The number of benzene rings is 1. The van der Waals surface area contributed by atoms with Crippen molar-refractivity contribution in [3.05, 3.63) is 28.8 Å². The SMILES string of the molecule is Cc1ccc(Cl)cc1N1CC(C(=O)NC(C)(C)CO)CC1=O. The number of rotatable bonds is 4. The van der Waals surface area contributed by atoms with Gasteiger partial charge in [-0.05, 0) is 38.5 Å². The second-order valence-corrected chi connectivity index (χ2v) is 6.80. The maximum absolute atomic E-state index is 12.3. The standard InChI is InChI=1S/C16H21ClN2O3/c1-10-4-5-12(17)7-13(10)19-8-11(6-14(19)21)15(22)18-16(2,3)9-20/h4-5,7,11,20H,6,8-9H2,1-3H3,(H,18,22). The molecule has 1 heterocycles. The summed E-state index contributed by atoms with van der Waals surface area (Å²) in [7, 11) is 0. The molecule has 0 aromatic heterocycles. The molecule has 1 atom stereocenters. The highest BCUT2D eigenvalue weighted by Gasteiger charge is 2.37. The summed E-state index contributed by atoms with van der Waals surface area (Å²) in [6.45, 7) is 5.55. The smallest absolute Gasteiger partial charge is 0.227 e. The number of nitrogens with zero attached hydrogens (tertiary/aromatic N) is 1. The van der Waals surface area contributed by atoms with E-state index in [1.807, 2.05) is 13.0 Å². The van der Waals surface area contributed by atoms with Gasteiger partial charge in [-0.15, -0.1) is 0 Å². The lowest BCUT2D eigenvalue weighted by Crippen LogP contribution is -2.49. The number of halogens is 1. The van der Waals surface area contributed by atoms with Gasteiger partial charge in [-0.1, -0.05) is 17.7 Å². The molecular formula is C16H21ClN2O3. The molecule has 0 spiro atoms. The highest BCUT2D eigenvalue weighted by molar-refractivity contribution is 6.31. The Morgan fingerprint density at radius 2 is 2.18 bits per heavy atom. The number of hydrogen-bond donors (Lipinski definition) is 2. The third-order valence-electron chi connectivity index (χ3n) is 3.81. The zero-order valence-electron chi connectivity index (χ0n) is 13.0. The van der Waals surface area contributed by atoms with Gasteiger partial charge in [0, 0.05) is 23.7 Å². The van der Waals surface area contributed by atoms with Gasteiger partial charge in [-0.3, -0.25) is 9.59 Å². The molecule has 0 saturated carbocycles. The fraction of sp³-hybridized carbons (Fsp3) is 0.500.